The molecule has 5 rings (SSSR count). The largest absolute Gasteiger partial charge is 1.00 e. The summed E-state index contributed by atoms with van der Waals surface area (Å²) in [4.78, 5) is 50.6. The van der Waals surface area contributed by atoms with Crippen LogP contribution in [0.2, 0.25) is 0 Å². The van der Waals surface area contributed by atoms with Gasteiger partial charge in [-0.05, 0) is 51.4 Å². The van der Waals surface area contributed by atoms with E-state index < -0.39 is 23.6 Å². The quantitative estimate of drug-likeness (QED) is 0.179. The molecule has 5 heterocycles. The summed E-state index contributed by atoms with van der Waals surface area (Å²) in [6.07, 6.45) is 6.19. The standard InChI is InChI=1S/C12H18N2O3.C7H13ClO.C6H12O4.C5H6N2O2.CH3O.CH4.Na/c1-4-9-7(2)5-10(17-9)14-6-8(3)11(15)13-12(14)16;1-3-6-5(2)4-7(8)9-6;1-9-6-2-4(8)5(3-7)10-6;1-3-2-6-5(9)7-4(3)8;1-2;;/h6-7,9-10H,4-5H2,1-3H3,(H,13,15,16);5-7H,3-4H2,1-2H3;4-8H,2-3H2,1H3;2H,1H3,(H2,6,7,8,9);1H3;1H4;/q;;;;-1;;+1/t7-,9+,10?;5-,6+,7-;4-,5+,6?;;;;/m111..../s1. The fourth-order valence-corrected chi connectivity index (χ4v) is 5.56. The van der Waals surface area contributed by atoms with Crippen LogP contribution in [0.15, 0.2) is 31.6 Å². The van der Waals surface area contributed by atoms with Gasteiger partial charge >= 0.3 is 40.9 Å². The van der Waals surface area contributed by atoms with Crippen LogP contribution in [0.5, 0.6) is 0 Å². The molecule has 2 unspecified atom stereocenters. The number of nitrogens with zero attached hydrogens (tertiary/aromatic N) is 1. The monoisotopic (exact) mass is 730 g/mol. The molecule has 278 valence electrons. The molecule has 5 N–H and O–H groups in total. The van der Waals surface area contributed by atoms with Crippen molar-refractivity contribution in [2.24, 2.45) is 11.8 Å². The first-order valence-corrected chi connectivity index (χ1v) is 16.1. The Bertz CT molecular complexity index is 1420. The van der Waals surface area contributed by atoms with Crippen LogP contribution in [0.1, 0.15) is 84.6 Å². The van der Waals surface area contributed by atoms with E-state index in [0.717, 1.165) is 32.8 Å². The third-order valence-corrected chi connectivity index (χ3v) is 8.23. The van der Waals surface area contributed by atoms with Crippen LogP contribution in [0.25, 0.3) is 0 Å². The number of aliphatic hydroxyl groups excluding tert-OH is 2. The summed E-state index contributed by atoms with van der Waals surface area (Å²) in [6, 6.07) is 0. The maximum Gasteiger partial charge on any atom is 1.00 e. The summed E-state index contributed by atoms with van der Waals surface area (Å²) in [7, 11) is 2.26. The SMILES string of the molecule is C.CC[C@@H]1OC(n2cc(C)c(=O)[nH]c2=O)C[C@H]1C.CC[C@@H]1O[C@@H](Cl)C[C@H]1C.COC1C[C@@H](O)[C@H](CO)O1.C[O-].Cc1c[nH]c(=O)[nH]c1=O.[Na+]. The molecule has 0 aliphatic carbocycles. The number of nitrogens with one attached hydrogen (secondary N) is 3. The molecule has 3 fully saturated rings. The summed E-state index contributed by atoms with van der Waals surface area (Å²) < 4.78 is 22.6. The zero-order valence-electron chi connectivity index (χ0n) is 29.5. The van der Waals surface area contributed by atoms with E-state index >= 15 is 0 Å². The summed E-state index contributed by atoms with van der Waals surface area (Å²) >= 11 is 5.76. The molecule has 0 aromatic carbocycles. The Balaban J connectivity index is 0. The second kappa shape index (κ2) is 25.3. The number of hydrogen-bond acceptors (Lipinski definition) is 11. The predicted molar refractivity (Wildman–Crippen MR) is 181 cm³/mol. The van der Waals surface area contributed by atoms with E-state index in [4.69, 9.17) is 45.9 Å². The van der Waals surface area contributed by atoms with Crippen LogP contribution in [0, 0.1) is 25.7 Å². The molecular formula is C32H56ClN4NaO11. The Morgan fingerprint density at radius 3 is 1.86 bits per heavy atom. The van der Waals surface area contributed by atoms with Gasteiger partial charge < -0.3 is 39.3 Å². The molecule has 9 atom stereocenters. The smallest absolute Gasteiger partial charge is 0.857 e. The van der Waals surface area contributed by atoms with Crippen molar-refractivity contribution in [3.8, 4) is 0 Å². The second-order valence-corrected chi connectivity index (χ2v) is 12.0. The van der Waals surface area contributed by atoms with Crippen molar-refractivity contribution < 1.29 is 63.8 Å². The topological polar surface area (TPSA) is 221 Å². The van der Waals surface area contributed by atoms with Gasteiger partial charge in [0.05, 0.1) is 24.9 Å². The van der Waals surface area contributed by atoms with Crippen molar-refractivity contribution in [1.29, 1.82) is 0 Å². The van der Waals surface area contributed by atoms with Crippen molar-refractivity contribution >= 4 is 11.6 Å². The predicted octanol–water partition coefficient (Wildman–Crippen LogP) is -1.35. The molecule has 3 aliphatic heterocycles. The van der Waals surface area contributed by atoms with Gasteiger partial charge in [0, 0.05) is 37.1 Å². The number of aliphatic hydroxyl groups is 2. The minimum Gasteiger partial charge on any atom is -0.857 e. The average Bonchev–Trinajstić information content (AvgIpc) is 3.72. The number of halogens is 1. The van der Waals surface area contributed by atoms with Gasteiger partial charge in [-0.1, -0.05) is 46.7 Å². The van der Waals surface area contributed by atoms with E-state index in [9.17, 15) is 19.2 Å². The number of methoxy groups -OCH3 is 1. The average molecular weight is 731 g/mol. The van der Waals surface area contributed by atoms with Gasteiger partial charge in [-0.3, -0.25) is 24.1 Å². The zero-order chi connectivity index (χ0) is 35.8. The van der Waals surface area contributed by atoms with Crippen LogP contribution in [0.4, 0.5) is 0 Å². The molecule has 0 spiro atoms. The third-order valence-electron chi connectivity index (χ3n) is 7.95. The van der Waals surface area contributed by atoms with Crippen LogP contribution < -0.4 is 57.2 Å². The van der Waals surface area contributed by atoms with E-state index in [-0.39, 0.29) is 78.9 Å². The molecule has 2 aromatic heterocycles. The van der Waals surface area contributed by atoms with Gasteiger partial charge in [0.25, 0.3) is 11.1 Å². The van der Waals surface area contributed by atoms with Gasteiger partial charge in [0.1, 0.15) is 17.9 Å². The fourth-order valence-electron chi connectivity index (χ4n) is 5.14. The van der Waals surface area contributed by atoms with Crippen LogP contribution >= 0.6 is 11.6 Å². The number of ether oxygens (including phenoxy) is 4. The molecule has 15 nitrogen and oxygen atoms in total. The molecule has 17 heteroatoms. The molecule has 0 bridgehead atoms. The van der Waals surface area contributed by atoms with Crippen molar-refractivity contribution in [1.82, 2.24) is 19.5 Å². The maximum absolute atomic E-state index is 11.7. The maximum atomic E-state index is 11.7. The van der Waals surface area contributed by atoms with Crippen molar-refractivity contribution in [2.45, 2.75) is 124 Å². The fraction of sp³-hybridized carbons (Fsp3) is 0.750. The number of H-pyrrole nitrogens is 3. The molecule has 49 heavy (non-hydrogen) atoms. The van der Waals surface area contributed by atoms with E-state index in [0.29, 0.717) is 35.5 Å². The number of rotatable bonds is 5. The Hall–Kier alpha value is -1.63. The molecule has 0 saturated carbocycles. The van der Waals surface area contributed by atoms with Crippen LogP contribution in [-0.4, -0.2) is 86.8 Å². The number of aromatic amines is 3. The van der Waals surface area contributed by atoms with Gasteiger partial charge in [-0.25, -0.2) is 9.59 Å². The summed E-state index contributed by atoms with van der Waals surface area (Å²) in [6.45, 7) is 11.7. The normalized spacial score (nSPS) is 28.0. The minimum absolute atomic E-state index is 0. The van der Waals surface area contributed by atoms with E-state index in [1.807, 2.05) is 0 Å². The molecule has 0 radical (unpaired) electrons. The second-order valence-electron chi connectivity index (χ2n) is 11.5. The van der Waals surface area contributed by atoms with E-state index in [1.165, 1.54) is 17.9 Å². The summed E-state index contributed by atoms with van der Waals surface area (Å²) in [5.41, 5.74) is -0.511. The Kier molecular flexibility index (Phi) is 25.6. The molecule has 3 saturated heterocycles. The number of aromatic nitrogens is 4. The minimum atomic E-state index is -0.588. The zero-order valence-corrected chi connectivity index (χ0v) is 32.2. The molecular weight excluding hydrogens is 675 g/mol. The Morgan fingerprint density at radius 1 is 0.918 bits per heavy atom. The summed E-state index contributed by atoms with van der Waals surface area (Å²) in [5, 5.41) is 26.0. The Morgan fingerprint density at radius 2 is 1.47 bits per heavy atom. The van der Waals surface area contributed by atoms with Gasteiger partial charge in [-0.2, -0.15) is 7.11 Å². The van der Waals surface area contributed by atoms with Gasteiger partial charge in [-0.15, -0.1) is 0 Å². The van der Waals surface area contributed by atoms with E-state index in [2.05, 4.69) is 42.6 Å². The summed E-state index contributed by atoms with van der Waals surface area (Å²) in [5.74, 6) is 1.08. The number of aryl methyl sites for hydroxylation is 2. The van der Waals surface area contributed by atoms with Crippen LogP contribution in [0.3, 0.4) is 0 Å². The molecule has 2 aromatic rings. The van der Waals surface area contributed by atoms with E-state index in [1.54, 1.807) is 20.0 Å². The van der Waals surface area contributed by atoms with Gasteiger partial charge in [0.15, 0.2) is 6.29 Å². The molecule has 3 aliphatic rings. The van der Waals surface area contributed by atoms with Crippen molar-refractivity contribution in [3.63, 3.8) is 0 Å². The first-order chi connectivity index (χ1) is 22.2. The van der Waals surface area contributed by atoms with Crippen LogP contribution in [-0.2, 0) is 18.9 Å². The van der Waals surface area contributed by atoms with Crippen molar-refractivity contribution in [3.05, 3.63) is 65.2 Å². The third kappa shape index (κ3) is 16.1. The number of hydrogen-bond donors (Lipinski definition) is 5. The first-order valence-electron chi connectivity index (χ1n) is 15.7. The van der Waals surface area contributed by atoms with Gasteiger partial charge in [0.2, 0.25) is 0 Å². The van der Waals surface area contributed by atoms with Crippen molar-refractivity contribution in [2.75, 3.05) is 20.8 Å². The first kappa shape index (κ1) is 49.5. The Labute approximate surface area is 315 Å². The molecule has 0 amide bonds. The number of alkyl halides is 1.